The molecule has 0 radical (unpaired) electrons. The Kier molecular flexibility index (Phi) is 6.99. The second kappa shape index (κ2) is 9.68. The van der Waals surface area contributed by atoms with Gasteiger partial charge in [-0.25, -0.2) is 4.79 Å². The Balaban J connectivity index is 1.69. The standard InChI is InChI=1S/C17H11ClN4O7S2/c1-8(23)19-16-20-21-17(31-16)30-7-10-5-13(24)14(6-28-10)29-15(25)11-4-9(18)2-3-12(11)22(26)27/h2-6H,7H2,1H3,(H,19,20,23). The first-order valence-electron chi connectivity index (χ1n) is 8.24. The van der Waals surface area contributed by atoms with Crippen LogP contribution in [0.1, 0.15) is 23.0 Å². The lowest BCUT2D eigenvalue weighted by molar-refractivity contribution is -0.385. The fourth-order valence-electron chi connectivity index (χ4n) is 2.18. The van der Waals surface area contributed by atoms with Gasteiger partial charge in [0.25, 0.3) is 5.69 Å². The zero-order valence-corrected chi connectivity index (χ0v) is 17.9. The number of nitro groups is 1. The van der Waals surface area contributed by atoms with E-state index < -0.39 is 33.3 Å². The van der Waals surface area contributed by atoms with E-state index in [4.69, 9.17) is 20.8 Å². The average Bonchev–Trinajstić information content (AvgIpc) is 3.14. The van der Waals surface area contributed by atoms with Crippen molar-refractivity contribution in [1.29, 1.82) is 0 Å². The number of nitro benzene ring substituents is 1. The number of hydrogen-bond acceptors (Lipinski definition) is 11. The van der Waals surface area contributed by atoms with Crippen molar-refractivity contribution in [2.75, 3.05) is 5.32 Å². The van der Waals surface area contributed by atoms with E-state index in [0.29, 0.717) is 9.47 Å². The predicted molar refractivity (Wildman–Crippen MR) is 112 cm³/mol. The highest BCUT2D eigenvalue weighted by molar-refractivity contribution is 8.00. The molecule has 31 heavy (non-hydrogen) atoms. The Morgan fingerprint density at radius 1 is 1.35 bits per heavy atom. The van der Waals surface area contributed by atoms with Gasteiger partial charge in [0.2, 0.25) is 22.2 Å². The van der Waals surface area contributed by atoms with Crippen LogP contribution in [0.2, 0.25) is 5.02 Å². The third kappa shape index (κ3) is 5.87. The van der Waals surface area contributed by atoms with E-state index >= 15 is 0 Å². The summed E-state index contributed by atoms with van der Waals surface area (Å²) in [7, 11) is 0. The van der Waals surface area contributed by atoms with E-state index in [0.717, 1.165) is 35.8 Å². The van der Waals surface area contributed by atoms with Gasteiger partial charge in [0.1, 0.15) is 17.6 Å². The van der Waals surface area contributed by atoms with E-state index in [1.54, 1.807) is 0 Å². The molecule has 0 unspecified atom stereocenters. The Hall–Kier alpha value is -3.29. The number of aromatic nitrogens is 2. The van der Waals surface area contributed by atoms with Crippen molar-refractivity contribution in [2.45, 2.75) is 17.0 Å². The number of nitrogens with zero attached hydrogens (tertiary/aromatic N) is 3. The van der Waals surface area contributed by atoms with Gasteiger partial charge >= 0.3 is 5.97 Å². The number of amides is 1. The molecule has 0 aliphatic heterocycles. The Labute approximate surface area is 186 Å². The van der Waals surface area contributed by atoms with Crippen molar-refractivity contribution in [3.8, 4) is 5.75 Å². The van der Waals surface area contributed by atoms with Crippen LogP contribution in [0.4, 0.5) is 10.8 Å². The number of carbonyl (C=O) groups is 2. The molecule has 1 amide bonds. The zero-order chi connectivity index (χ0) is 22.5. The van der Waals surface area contributed by atoms with E-state index in [1.165, 1.54) is 24.8 Å². The number of halogens is 1. The summed E-state index contributed by atoms with van der Waals surface area (Å²) in [5, 5.41) is 21.7. The van der Waals surface area contributed by atoms with Crippen LogP contribution in [0.15, 0.2) is 44.1 Å². The number of hydrogen-bond donors (Lipinski definition) is 1. The summed E-state index contributed by atoms with van der Waals surface area (Å²) in [6.45, 7) is 1.35. The van der Waals surface area contributed by atoms with Gasteiger partial charge < -0.3 is 14.5 Å². The summed E-state index contributed by atoms with van der Waals surface area (Å²) < 4.78 is 10.8. The minimum Gasteiger partial charge on any atom is -0.464 e. The van der Waals surface area contributed by atoms with Crippen molar-refractivity contribution in [3.63, 3.8) is 0 Å². The summed E-state index contributed by atoms with van der Waals surface area (Å²) in [5.41, 5.74) is -1.57. The van der Waals surface area contributed by atoms with Crippen molar-refractivity contribution in [3.05, 3.63) is 67.2 Å². The molecule has 3 aromatic rings. The molecule has 11 nitrogen and oxygen atoms in total. The van der Waals surface area contributed by atoms with E-state index in [1.807, 2.05) is 0 Å². The number of nitrogens with one attached hydrogen (secondary N) is 1. The van der Waals surface area contributed by atoms with Gasteiger partial charge in [-0.2, -0.15) is 0 Å². The first kappa shape index (κ1) is 22.4. The number of benzene rings is 1. The molecule has 1 N–H and O–H groups in total. The second-order valence-electron chi connectivity index (χ2n) is 5.73. The van der Waals surface area contributed by atoms with Crippen LogP contribution in [0.3, 0.4) is 0 Å². The third-order valence-electron chi connectivity index (χ3n) is 3.46. The number of thioether (sulfide) groups is 1. The highest BCUT2D eigenvalue weighted by Gasteiger charge is 2.23. The first-order valence-corrected chi connectivity index (χ1v) is 10.4. The Morgan fingerprint density at radius 3 is 2.81 bits per heavy atom. The van der Waals surface area contributed by atoms with Crippen LogP contribution < -0.4 is 15.5 Å². The van der Waals surface area contributed by atoms with Gasteiger partial charge in [0.15, 0.2) is 4.34 Å². The van der Waals surface area contributed by atoms with Gasteiger partial charge in [-0.3, -0.25) is 19.7 Å². The normalized spacial score (nSPS) is 10.5. The molecule has 2 aromatic heterocycles. The minimum atomic E-state index is -1.12. The van der Waals surface area contributed by atoms with Crippen LogP contribution in [-0.2, 0) is 10.5 Å². The maximum atomic E-state index is 12.3. The van der Waals surface area contributed by atoms with Crippen molar-refractivity contribution in [1.82, 2.24) is 10.2 Å². The monoisotopic (exact) mass is 482 g/mol. The van der Waals surface area contributed by atoms with Crippen molar-refractivity contribution < 1.29 is 23.7 Å². The topological polar surface area (TPSA) is 155 Å². The smallest absolute Gasteiger partial charge is 0.350 e. The van der Waals surface area contributed by atoms with E-state index in [2.05, 4.69) is 15.5 Å². The van der Waals surface area contributed by atoms with Crippen molar-refractivity contribution in [2.24, 2.45) is 0 Å². The van der Waals surface area contributed by atoms with Gasteiger partial charge in [-0.1, -0.05) is 34.7 Å². The van der Waals surface area contributed by atoms with Gasteiger partial charge in [-0.15, -0.1) is 10.2 Å². The number of ether oxygens (including phenoxy) is 1. The SMILES string of the molecule is CC(=O)Nc1nnc(SCc2cc(=O)c(OC(=O)c3cc(Cl)ccc3[N+](=O)[O-])co2)s1. The number of rotatable bonds is 7. The first-order chi connectivity index (χ1) is 14.7. The molecule has 0 spiro atoms. The summed E-state index contributed by atoms with van der Waals surface area (Å²) in [6.07, 6.45) is 0.940. The summed E-state index contributed by atoms with van der Waals surface area (Å²) in [5.74, 6) is -1.34. The average molecular weight is 483 g/mol. The van der Waals surface area contributed by atoms with Crippen LogP contribution >= 0.6 is 34.7 Å². The lowest BCUT2D eigenvalue weighted by atomic mass is 10.2. The predicted octanol–water partition coefficient (Wildman–Crippen LogP) is 3.52. The molecule has 160 valence electrons. The van der Waals surface area contributed by atoms with Crippen molar-refractivity contribution >= 4 is 57.4 Å². The fraction of sp³-hybridized carbons (Fsp3) is 0.118. The van der Waals surface area contributed by atoms with Gasteiger partial charge in [-0.05, 0) is 12.1 Å². The lowest BCUT2D eigenvalue weighted by Crippen LogP contribution is -2.16. The molecule has 14 heteroatoms. The molecule has 2 heterocycles. The maximum Gasteiger partial charge on any atom is 0.350 e. The summed E-state index contributed by atoms with van der Waals surface area (Å²) in [6, 6.07) is 4.52. The molecule has 0 aliphatic carbocycles. The van der Waals surface area contributed by atoms with Crippen LogP contribution in [-0.4, -0.2) is 27.0 Å². The lowest BCUT2D eigenvalue weighted by Gasteiger charge is -2.05. The molecule has 0 bridgehead atoms. The fourth-order valence-corrected chi connectivity index (χ4v) is 4.04. The highest BCUT2D eigenvalue weighted by atomic mass is 35.5. The van der Waals surface area contributed by atoms with Crippen LogP contribution in [0.25, 0.3) is 0 Å². The molecular weight excluding hydrogens is 472 g/mol. The molecule has 0 saturated heterocycles. The van der Waals surface area contributed by atoms with Gasteiger partial charge in [0.05, 0.1) is 10.7 Å². The molecule has 0 atom stereocenters. The zero-order valence-electron chi connectivity index (χ0n) is 15.5. The molecule has 3 rings (SSSR count). The Morgan fingerprint density at radius 2 is 2.13 bits per heavy atom. The van der Waals surface area contributed by atoms with E-state index in [-0.39, 0.29) is 22.4 Å². The number of esters is 1. The molecule has 0 aliphatic rings. The van der Waals surface area contributed by atoms with Crippen LogP contribution in [0.5, 0.6) is 5.75 Å². The minimum absolute atomic E-state index is 0.0929. The quantitative estimate of drug-likeness (QED) is 0.174. The molecule has 0 saturated carbocycles. The third-order valence-corrected chi connectivity index (χ3v) is 5.69. The molecule has 0 fully saturated rings. The second-order valence-corrected chi connectivity index (χ2v) is 8.36. The number of carbonyl (C=O) groups excluding carboxylic acids is 2. The summed E-state index contributed by atoms with van der Waals surface area (Å²) in [4.78, 5) is 45.9. The van der Waals surface area contributed by atoms with Crippen LogP contribution in [0, 0.1) is 10.1 Å². The largest absolute Gasteiger partial charge is 0.464 e. The maximum absolute atomic E-state index is 12.3. The number of anilines is 1. The highest BCUT2D eigenvalue weighted by Crippen LogP contribution is 2.28. The molecular formula is C17H11ClN4O7S2. The van der Waals surface area contributed by atoms with E-state index in [9.17, 15) is 24.5 Å². The molecule has 1 aromatic carbocycles. The Bertz CT molecular complexity index is 1230. The summed E-state index contributed by atoms with van der Waals surface area (Å²) >= 11 is 8.16. The van der Waals surface area contributed by atoms with Gasteiger partial charge in [0, 0.05) is 24.1 Å².